The van der Waals surface area contributed by atoms with E-state index in [4.69, 9.17) is 15.2 Å². The van der Waals surface area contributed by atoms with Gasteiger partial charge >= 0.3 is 0 Å². The van der Waals surface area contributed by atoms with Crippen molar-refractivity contribution in [3.05, 3.63) is 42.1 Å². The minimum absolute atomic E-state index is 0.305. The molecular formula is C15H17N3O3. The summed E-state index contributed by atoms with van der Waals surface area (Å²) in [6.07, 6.45) is 1.53. The van der Waals surface area contributed by atoms with Crippen LogP contribution < -0.4 is 20.5 Å². The van der Waals surface area contributed by atoms with Crippen LogP contribution in [0.3, 0.4) is 0 Å². The first-order chi connectivity index (χ1) is 10.1. The summed E-state index contributed by atoms with van der Waals surface area (Å²) in [5.41, 5.74) is 7.14. The Morgan fingerprint density at radius 2 is 2.14 bits per heavy atom. The van der Waals surface area contributed by atoms with Crippen LogP contribution in [-0.2, 0) is 0 Å². The van der Waals surface area contributed by atoms with Gasteiger partial charge < -0.3 is 20.5 Å². The first kappa shape index (κ1) is 14.6. The number of anilines is 2. The van der Waals surface area contributed by atoms with Gasteiger partial charge in [0.15, 0.2) is 0 Å². The van der Waals surface area contributed by atoms with Gasteiger partial charge in [0.1, 0.15) is 5.75 Å². The molecule has 110 valence electrons. The number of carbonyl (C=O) groups excluding carboxylic acids is 1. The Bertz CT molecular complexity index is 627. The highest BCUT2D eigenvalue weighted by Crippen LogP contribution is 2.21. The van der Waals surface area contributed by atoms with E-state index in [9.17, 15) is 4.79 Å². The van der Waals surface area contributed by atoms with Crippen LogP contribution in [0.1, 0.15) is 17.3 Å². The molecule has 6 nitrogen and oxygen atoms in total. The van der Waals surface area contributed by atoms with E-state index in [1.54, 1.807) is 37.4 Å². The van der Waals surface area contributed by atoms with Crippen molar-refractivity contribution in [2.75, 3.05) is 24.8 Å². The van der Waals surface area contributed by atoms with Crippen LogP contribution in [0, 0.1) is 0 Å². The number of nitrogen functional groups attached to an aromatic ring is 1. The van der Waals surface area contributed by atoms with E-state index >= 15 is 0 Å². The molecule has 0 spiro atoms. The van der Waals surface area contributed by atoms with Crippen molar-refractivity contribution in [3.63, 3.8) is 0 Å². The number of carbonyl (C=O) groups is 1. The number of pyridine rings is 1. The number of hydrogen-bond donors (Lipinski definition) is 2. The zero-order chi connectivity index (χ0) is 15.2. The quantitative estimate of drug-likeness (QED) is 0.824. The van der Waals surface area contributed by atoms with Crippen LogP contribution in [0.2, 0.25) is 0 Å². The zero-order valence-corrected chi connectivity index (χ0v) is 11.9. The lowest BCUT2D eigenvalue weighted by molar-refractivity contribution is 0.102. The SMILES string of the molecule is CCOc1ccc(NC(=O)c2ccc(OC)cc2N)cn1. The number of nitrogens with zero attached hydrogens (tertiary/aromatic N) is 1. The normalized spacial score (nSPS) is 10.0. The van der Waals surface area contributed by atoms with E-state index in [0.717, 1.165) is 0 Å². The zero-order valence-electron chi connectivity index (χ0n) is 11.9. The Balaban J connectivity index is 2.10. The highest BCUT2D eigenvalue weighted by Gasteiger charge is 2.11. The Hall–Kier alpha value is -2.76. The number of ether oxygens (including phenoxy) is 2. The second kappa shape index (κ2) is 6.60. The molecule has 0 saturated carbocycles. The highest BCUT2D eigenvalue weighted by molar-refractivity contribution is 6.07. The molecule has 6 heteroatoms. The summed E-state index contributed by atoms with van der Waals surface area (Å²) in [5.74, 6) is 0.812. The van der Waals surface area contributed by atoms with Crippen molar-refractivity contribution in [1.82, 2.24) is 4.98 Å². The fraction of sp³-hybridized carbons (Fsp3) is 0.200. The number of nitrogens with two attached hydrogens (primary N) is 1. The summed E-state index contributed by atoms with van der Waals surface area (Å²) in [6.45, 7) is 2.42. The molecule has 2 aromatic rings. The average molecular weight is 287 g/mol. The number of nitrogens with one attached hydrogen (secondary N) is 1. The van der Waals surface area contributed by atoms with E-state index < -0.39 is 0 Å². The number of methoxy groups -OCH3 is 1. The van der Waals surface area contributed by atoms with Gasteiger partial charge in [-0.2, -0.15) is 0 Å². The molecule has 0 aliphatic carbocycles. The molecule has 1 amide bonds. The molecule has 0 atom stereocenters. The first-order valence-corrected chi connectivity index (χ1v) is 6.47. The smallest absolute Gasteiger partial charge is 0.257 e. The number of amides is 1. The molecule has 1 aromatic heterocycles. The van der Waals surface area contributed by atoms with E-state index in [-0.39, 0.29) is 5.91 Å². The second-order valence-corrected chi connectivity index (χ2v) is 4.23. The van der Waals surface area contributed by atoms with Gasteiger partial charge in [-0.25, -0.2) is 4.98 Å². The van der Waals surface area contributed by atoms with Crippen LogP contribution in [0.15, 0.2) is 36.5 Å². The van der Waals surface area contributed by atoms with Crippen molar-refractivity contribution in [2.45, 2.75) is 6.92 Å². The van der Waals surface area contributed by atoms with Crippen LogP contribution in [-0.4, -0.2) is 24.6 Å². The Labute approximate surface area is 122 Å². The molecule has 2 rings (SSSR count). The van der Waals surface area contributed by atoms with Crippen molar-refractivity contribution >= 4 is 17.3 Å². The van der Waals surface area contributed by atoms with Gasteiger partial charge in [0.25, 0.3) is 5.91 Å². The molecule has 0 aliphatic heterocycles. The lowest BCUT2D eigenvalue weighted by Crippen LogP contribution is -2.14. The average Bonchev–Trinajstić information content (AvgIpc) is 2.49. The summed E-state index contributed by atoms with van der Waals surface area (Å²) in [7, 11) is 1.54. The van der Waals surface area contributed by atoms with Gasteiger partial charge in [-0.15, -0.1) is 0 Å². The van der Waals surface area contributed by atoms with Gasteiger partial charge in [0.2, 0.25) is 5.88 Å². The maximum atomic E-state index is 12.2. The molecule has 0 bridgehead atoms. The van der Waals surface area contributed by atoms with Crippen LogP contribution in [0.5, 0.6) is 11.6 Å². The van der Waals surface area contributed by atoms with E-state index in [2.05, 4.69) is 10.3 Å². The molecule has 1 aromatic carbocycles. The maximum Gasteiger partial charge on any atom is 0.257 e. The number of rotatable bonds is 5. The summed E-state index contributed by atoms with van der Waals surface area (Å²) in [6, 6.07) is 8.31. The monoisotopic (exact) mass is 287 g/mol. The summed E-state index contributed by atoms with van der Waals surface area (Å²) in [5, 5.41) is 2.73. The Kier molecular flexibility index (Phi) is 4.61. The summed E-state index contributed by atoms with van der Waals surface area (Å²) >= 11 is 0. The van der Waals surface area contributed by atoms with Gasteiger partial charge in [0, 0.05) is 17.8 Å². The van der Waals surface area contributed by atoms with Gasteiger partial charge in [0.05, 0.1) is 31.2 Å². The molecule has 0 aliphatic rings. The van der Waals surface area contributed by atoms with Crippen molar-refractivity contribution in [1.29, 1.82) is 0 Å². The third-order valence-electron chi connectivity index (χ3n) is 2.79. The number of aromatic nitrogens is 1. The predicted molar refractivity (Wildman–Crippen MR) is 80.8 cm³/mol. The van der Waals surface area contributed by atoms with Gasteiger partial charge in [-0.3, -0.25) is 4.79 Å². The lowest BCUT2D eigenvalue weighted by Gasteiger charge is -2.09. The topological polar surface area (TPSA) is 86.5 Å². The standard InChI is InChI=1S/C15H17N3O3/c1-3-21-14-7-4-10(9-17-14)18-15(19)12-6-5-11(20-2)8-13(12)16/h4-9H,3,16H2,1-2H3,(H,18,19). The lowest BCUT2D eigenvalue weighted by atomic mass is 10.1. The van der Waals surface area contributed by atoms with Crippen LogP contribution in [0.25, 0.3) is 0 Å². The van der Waals surface area contributed by atoms with E-state index in [0.29, 0.717) is 35.2 Å². The summed E-state index contributed by atoms with van der Waals surface area (Å²) in [4.78, 5) is 16.2. The molecule has 0 unspecified atom stereocenters. The van der Waals surface area contributed by atoms with Gasteiger partial charge in [-0.05, 0) is 25.1 Å². The Morgan fingerprint density at radius 1 is 1.33 bits per heavy atom. The fourth-order valence-electron chi connectivity index (χ4n) is 1.76. The number of hydrogen-bond acceptors (Lipinski definition) is 5. The molecule has 1 heterocycles. The predicted octanol–water partition coefficient (Wildman–Crippen LogP) is 2.32. The second-order valence-electron chi connectivity index (χ2n) is 4.23. The molecule has 0 radical (unpaired) electrons. The third kappa shape index (κ3) is 3.62. The van der Waals surface area contributed by atoms with Gasteiger partial charge in [-0.1, -0.05) is 0 Å². The first-order valence-electron chi connectivity index (χ1n) is 6.47. The van der Waals surface area contributed by atoms with E-state index in [1.165, 1.54) is 6.20 Å². The molecule has 0 fully saturated rings. The minimum Gasteiger partial charge on any atom is -0.497 e. The van der Waals surface area contributed by atoms with Crippen LogP contribution in [0.4, 0.5) is 11.4 Å². The van der Waals surface area contributed by atoms with Crippen LogP contribution >= 0.6 is 0 Å². The van der Waals surface area contributed by atoms with Crippen molar-refractivity contribution < 1.29 is 14.3 Å². The van der Waals surface area contributed by atoms with Crippen molar-refractivity contribution in [3.8, 4) is 11.6 Å². The van der Waals surface area contributed by atoms with Crippen molar-refractivity contribution in [2.24, 2.45) is 0 Å². The van der Waals surface area contributed by atoms with E-state index in [1.807, 2.05) is 6.92 Å². The fourth-order valence-corrected chi connectivity index (χ4v) is 1.76. The minimum atomic E-state index is -0.305. The summed E-state index contributed by atoms with van der Waals surface area (Å²) < 4.78 is 10.3. The molecule has 3 N–H and O–H groups in total. The largest absolute Gasteiger partial charge is 0.497 e. The molecule has 0 saturated heterocycles. The maximum absolute atomic E-state index is 12.2. The molecular weight excluding hydrogens is 270 g/mol. The highest BCUT2D eigenvalue weighted by atomic mass is 16.5. The third-order valence-corrected chi connectivity index (χ3v) is 2.79. The number of benzene rings is 1. The Morgan fingerprint density at radius 3 is 2.71 bits per heavy atom. The molecule has 21 heavy (non-hydrogen) atoms.